The molecule has 3 rings (SSSR count). The zero-order valence-corrected chi connectivity index (χ0v) is 17.0. The van der Waals surface area contributed by atoms with Crippen molar-refractivity contribution in [1.29, 1.82) is 0 Å². The van der Waals surface area contributed by atoms with E-state index < -0.39 is 20.5 Å². The smallest absolute Gasteiger partial charge is 0.245 e. The minimum Gasteiger partial charge on any atom is -0.325 e. The van der Waals surface area contributed by atoms with Crippen molar-refractivity contribution in [3.8, 4) is 0 Å². The van der Waals surface area contributed by atoms with E-state index in [0.717, 1.165) is 24.8 Å². The second-order valence-electron chi connectivity index (χ2n) is 7.02. The Labute approximate surface area is 166 Å². The van der Waals surface area contributed by atoms with Crippen LogP contribution in [0.2, 0.25) is 0 Å². The number of halogens is 1. The van der Waals surface area contributed by atoms with E-state index in [1.54, 1.807) is 23.1 Å². The Hall–Kier alpha value is -1.64. The number of amides is 2. The summed E-state index contributed by atoms with van der Waals surface area (Å²) in [5, 5.41) is 5.87. The number of nitrogens with one attached hydrogen (secondary N) is 2. The molecule has 1 aromatic rings. The zero-order chi connectivity index (χ0) is 18.8. The van der Waals surface area contributed by atoms with Crippen molar-refractivity contribution in [1.82, 2.24) is 5.32 Å². The van der Waals surface area contributed by atoms with Crippen molar-refractivity contribution in [2.24, 2.45) is 0 Å². The molecule has 9 heteroatoms. The van der Waals surface area contributed by atoms with Gasteiger partial charge in [-0.25, -0.2) is 8.42 Å². The minimum absolute atomic E-state index is 0. The molecule has 1 aromatic carbocycles. The van der Waals surface area contributed by atoms with E-state index >= 15 is 0 Å². The van der Waals surface area contributed by atoms with Crippen LogP contribution in [0.15, 0.2) is 24.3 Å². The molecule has 0 aromatic heterocycles. The van der Waals surface area contributed by atoms with Crippen LogP contribution in [-0.4, -0.2) is 50.9 Å². The third-order valence-electron chi connectivity index (χ3n) is 5.27. The zero-order valence-electron chi connectivity index (χ0n) is 15.4. The summed E-state index contributed by atoms with van der Waals surface area (Å²) in [4.78, 5) is 26.7. The summed E-state index contributed by atoms with van der Waals surface area (Å²) < 4.78 is 23.3. The van der Waals surface area contributed by atoms with Crippen molar-refractivity contribution in [3.63, 3.8) is 0 Å². The molecule has 0 aliphatic carbocycles. The van der Waals surface area contributed by atoms with Crippen LogP contribution in [0.5, 0.6) is 0 Å². The third kappa shape index (κ3) is 4.44. The highest BCUT2D eigenvalue weighted by atomic mass is 35.5. The molecule has 2 heterocycles. The van der Waals surface area contributed by atoms with Gasteiger partial charge in [0.15, 0.2) is 14.6 Å². The second-order valence-corrected chi connectivity index (χ2v) is 9.35. The maximum atomic E-state index is 12.9. The summed E-state index contributed by atoms with van der Waals surface area (Å²) in [7, 11) is -3.56. The molecule has 150 valence electrons. The standard InChI is InChI=1S/C18H25N3O4S.ClH/c1-26(24,25)18(8-10-19-11-9-18)17(23)20-14-5-4-6-15(13-14)21-12-3-2-7-16(21)22;/h4-6,13,19H,2-3,7-12H2,1H3,(H,20,23);1H. The molecule has 2 aliphatic heterocycles. The molecule has 0 unspecified atom stereocenters. The van der Waals surface area contributed by atoms with Gasteiger partial charge in [-0.3, -0.25) is 9.59 Å². The number of anilines is 2. The SMILES string of the molecule is CS(=O)(=O)C1(C(=O)Nc2cccc(N3CCCCC3=O)c2)CCNCC1.Cl. The molecule has 0 atom stereocenters. The van der Waals surface area contributed by atoms with Crippen molar-refractivity contribution < 1.29 is 18.0 Å². The molecule has 0 spiro atoms. The summed E-state index contributed by atoms with van der Waals surface area (Å²) in [5.74, 6) is -0.422. The lowest BCUT2D eigenvalue weighted by molar-refractivity contribution is -0.120. The Bertz CT molecular complexity index is 807. The molecule has 0 radical (unpaired) electrons. The van der Waals surface area contributed by atoms with Gasteiger partial charge in [0.1, 0.15) is 0 Å². The Balaban J connectivity index is 0.00000261. The monoisotopic (exact) mass is 415 g/mol. The van der Waals surface area contributed by atoms with Crippen molar-refractivity contribution in [3.05, 3.63) is 24.3 Å². The van der Waals surface area contributed by atoms with Crippen LogP contribution in [0.25, 0.3) is 0 Å². The number of hydrogen-bond donors (Lipinski definition) is 2. The Morgan fingerprint density at radius 3 is 2.56 bits per heavy atom. The van der Waals surface area contributed by atoms with Crippen LogP contribution >= 0.6 is 12.4 Å². The summed E-state index contributed by atoms with van der Waals surface area (Å²) in [6.45, 7) is 1.64. The maximum Gasteiger partial charge on any atom is 0.245 e. The number of hydrogen-bond acceptors (Lipinski definition) is 5. The molecule has 2 saturated heterocycles. The van der Waals surface area contributed by atoms with E-state index in [9.17, 15) is 18.0 Å². The summed E-state index contributed by atoms with van der Waals surface area (Å²) in [6.07, 6.45) is 4.01. The number of benzene rings is 1. The Morgan fingerprint density at radius 1 is 1.22 bits per heavy atom. The van der Waals surface area contributed by atoms with E-state index in [-0.39, 0.29) is 31.2 Å². The molecule has 2 N–H and O–H groups in total. The number of rotatable bonds is 4. The first kappa shape index (κ1) is 21.7. The average molecular weight is 416 g/mol. The Morgan fingerprint density at radius 2 is 1.93 bits per heavy atom. The van der Waals surface area contributed by atoms with E-state index in [2.05, 4.69) is 10.6 Å². The fraction of sp³-hybridized carbons (Fsp3) is 0.556. The number of sulfone groups is 1. The van der Waals surface area contributed by atoms with E-state index in [4.69, 9.17) is 0 Å². The lowest BCUT2D eigenvalue weighted by Gasteiger charge is -2.34. The number of piperidine rings is 2. The Kier molecular flexibility index (Phi) is 6.88. The van der Waals surface area contributed by atoms with Gasteiger partial charge in [-0.2, -0.15) is 0 Å². The van der Waals surface area contributed by atoms with Gasteiger partial charge in [0, 0.05) is 30.6 Å². The van der Waals surface area contributed by atoms with Gasteiger partial charge < -0.3 is 15.5 Å². The number of nitrogens with zero attached hydrogens (tertiary/aromatic N) is 1. The van der Waals surface area contributed by atoms with Gasteiger partial charge in [0.05, 0.1) is 0 Å². The summed E-state index contributed by atoms with van der Waals surface area (Å²) in [6, 6.07) is 7.04. The first-order chi connectivity index (χ1) is 12.3. The third-order valence-corrected chi connectivity index (χ3v) is 7.29. The molecule has 2 aliphatic rings. The lowest BCUT2D eigenvalue weighted by Crippen LogP contribution is -2.55. The van der Waals surface area contributed by atoms with Gasteiger partial charge in [-0.05, 0) is 57.0 Å². The van der Waals surface area contributed by atoms with E-state index in [1.165, 1.54) is 0 Å². The van der Waals surface area contributed by atoms with Gasteiger partial charge in [0.25, 0.3) is 0 Å². The number of carbonyl (C=O) groups is 2. The fourth-order valence-corrected chi connectivity index (χ4v) is 5.01. The largest absolute Gasteiger partial charge is 0.325 e. The van der Waals surface area contributed by atoms with Crippen LogP contribution in [0.3, 0.4) is 0 Å². The quantitative estimate of drug-likeness (QED) is 0.780. The first-order valence-corrected chi connectivity index (χ1v) is 10.8. The van der Waals surface area contributed by atoms with Crippen LogP contribution < -0.4 is 15.5 Å². The predicted molar refractivity (Wildman–Crippen MR) is 108 cm³/mol. The predicted octanol–water partition coefficient (Wildman–Crippen LogP) is 1.73. The first-order valence-electron chi connectivity index (χ1n) is 8.96. The maximum absolute atomic E-state index is 12.9. The lowest BCUT2D eigenvalue weighted by atomic mass is 9.95. The van der Waals surface area contributed by atoms with Crippen LogP contribution in [0, 0.1) is 0 Å². The van der Waals surface area contributed by atoms with Crippen LogP contribution in [0.1, 0.15) is 32.1 Å². The molecule has 0 saturated carbocycles. The highest BCUT2D eigenvalue weighted by Gasteiger charge is 2.48. The van der Waals surface area contributed by atoms with E-state index in [1.807, 2.05) is 6.07 Å². The average Bonchev–Trinajstić information content (AvgIpc) is 2.62. The van der Waals surface area contributed by atoms with Crippen LogP contribution in [-0.2, 0) is 19.4 Å². The normalized spacial score (nSPS) is 19.9. The van der Waals surface area contributed by atoms with Gasteiger partial charge in [-0.15, -0.1) is 12.4 Å². The molecular weight excluding hydrogens is 390 g/mol. The summed E-state index contributed by atoms with van der Waals surface area (Å²) >= 11 is 0. The van der Waals surface area contributed by atoms with Crippen LogP contribution in [0.4, 0.5) is 11.4 Å². The highest BCUT2D eigenvalue weighted by molar-refractivity contribution is 7.92. The van der Waals surface area contributed by atoms with E-state index in [0.29, 0.717) is 31.7 Å². The van der Waals surface area contributed by atoms with Crippen molar-refractivity contribution >= 4 is 45.4 Å². The van der Waals surface area contributed by atoms with Crippen molar-refractivity contribution in [2.45, 2.75) is 36.9 Å². The molecule has 7 nitrogen and oxygen atoms in total. The van der Waals surface area contributed by atoms with Gasteiger partial charge in [-0.1, -0.05) is 6.07 Å². The molecule has 2 fully saturated rings. The molecule has 27 heavy (non-hydrogen) atoms. The fourth-order valence-electron chi connectivity index (χ4n) is 3.67. The number of carbonyl (C=O) groups excluding carboxylic acids is 2. The molecule has 0 bridgehead atoms. The summed E-state index contributed by atoms with van der Waals surface area (Å²) in [5.41, 5.74) is 1.23. The molecule has 2 amide bonds. The highest BCUT2D eigenvalue weighted by Crippen LogP contribution is 2.30. The topological polar surface area (TPSA) is 95.6 Å². The van der Waals surface area contributed by atoms with Crippen molar-refractivity contribution in [2.75, 3.05) is 36.1 Å². The second kappa shape index (κ2) is 8.58. The molecular formula is C18H26ClN3O4S. The minimum atomic E-state index is -3.56. The van der Waals surface area contributed by atoms with Gasteiger partial charge in [0.2, 0.25) is 11.8 Å². The van der Waals surface area contributed by atoms with Gasteiger partial charge >= 0.3 is 0 Å².